The van der Waals surface area contributed by atoms with Gasteiger partial charge in [-0.25, -0.2) is 9.97 Å². The highest BCUT2D eigenvalue weighted by Crippen LogP contribution is 1.99. The third-order valence-corrected chi connectivity index (χ3v) is 0.953. The monoisotopic (exact) mass is 164 g/mol. The van der Waals surface area contributed by atoms with E-state index in [0.29, 0.717) is 11.0 Å². The number of hydrogen-bond acceptors (Lipinski definition) is 2. The Balaban J connectivity index is 0.000000640. The molecule has 0 aliphatic carbocycles. The highest BCUT2D eigenvalue weighted by molar-refractivity contribution is 6.29. The van der Waals surface area contributed by atoms with Gasteiger partial charge in [0.1, 0.15) is 11.0 Å². The molecule has 1 aromatic rings. The predicted molar refractivity (Wildman–Crippen MR) is 39.0 cm³/mol. The van der Waals surface area contributed by atoms with Gasteiger partial charge < -0.3 is 0 Å². The molecule has 2 nitrogen and oxygen atoms in total. The molecule has 0 atom stereocenters. The summed E-state index contributed by atoms with van der Waals surface area (Å²) in [5.74, 6) is 0.706. The van der Waals surface area contributed by atoms with Gasteiger partial charge in [-0.1, -0.05) is 11.6 Å². The zero-order valence-electron chi connectivity index (χ0n) is 4.84. The summed E-state index contributed by atoms with van der Waals surface area (Å²) < 4.78 is 0. The van der Waals surface area contributed by atoms with Crippen molar-refractivity contribution < 1.29 is 0 Å². The van der Waals surface area contributed by atoms with Crippen molar-refractivity contribution in [1.82, 2.24) is 9.97 Å². The van der Waals surface area contributed by atoms with Crippen LogP contribution in [0.3, 0.4) is 0 Å². The van der Waals surface area contributed by atoms with Gasteiger partial charge in [-0.15, -0.1) is 12.4 Å². The van der Waals surface area contributed by atoms with Crippen molar-refractivity contribution in [3.05, 3.63) is 23.2 Å². The van der Waals surface area contributed by atoms with Crippen LogP contribution in [0.25, 0.3) is 0 Å². The van der Waals surface area contributed by atoms with E-state index in [0.717, 1.165) is 0 Å². The highest BCUT2D eigenvalue weighted by Gasteiger charge is 1.85. The summed E-state index contributed by atoms with van der Waals surface area (Å²) in [6, 6.07) is 1.65. The smallest absolute Gasteiger partial charge is 0.132 e. The highest BCUT2D eigenvalue weighted by atomic mass is 35.5. The van der Waals surface area contributed by atoms with E-state index in [1.54, 1.807) is 19.2 Å². The molecule has 1 rings (SSSR count). The van der Waals surface area contributed by atoms with Gasteiger partial charge in [-0.05, 0) is 13.0 Å². The molecule has 0 aromatic carbocycles. The van der Waals surface area contributed by atoms with E-state index in [-0.39, 0.29) is 12.4 Å². The lowest BCUT2D eigenvalue weighted by atomic mass is 10.6. The molecule has 0 spiro atoms. The second-order valence-corrected chi connectivity index (χ2v) is 1.81. The van der Waals surface area contributed by atoms with Crippen molar-refractivity contribution >= 4 is 24.0 Å². The summed E-state index contributed by atoms with van der Waals surface area (Å²) in [6.07, 6.45) is 1.63. The number of aromatic nitrogens is 2. The van der Waals surface area contributed by atoms with E-state index >= 15 is 0 Å². The van der Waals surface area contributed by atoms with Crippen molar-refractivity contribution in [1.29, 1.82) is 0 Å². The van der Waals surface area contributed by atoms with Gasteiger partial charge in [0, 0.05) is 6.20 Å². The van der Waals surface area contributed by atoms with Crippen LogP contribution in [0, 0.1) is 6.92 Å². The fourth-order valence-electron chi connectivity index (χ4n) is 0.427. The maximum atomic E-state index is 5.49. The second kappa shape index (κ2) is 3.64. The summed E-state index contributed by atoms with van der Waals surface area (Å²) in [5.41, 5.74) is 0. The fraction of sp³-hybridized carbons (Fsp3) is 0.200. The van der Waals surface area contributed by atoms with Crippen molar-refractivity contribution in [2.45, 2.75) is 6.92 Å². The summed E-state index contributed by atoms with van der Waals surface area (Å²) in [5, 5.41) is 0.498. The number of hydrogen-bond donors (Lipinski definition) is 0. The van der Waals surface area contributed by atoms with Crippen LogP contribution in [-0.4, -0.2) is 9.97 Å². The number of halogens is 2. The molecule has 50 valence electrons. The van der Waals surface area contributed by atoms with Crippen LogP contribution in [0.4, 0.5) is 0 Å². The Bertz CT molecular complexity index is 173. The summed E-state index contributed by atoms with van der Waals surface area (Å²) in [4.78, 5) is 7.67. The quantitative estimate of drug-likeness (QED) is 0.548. The van der Waals surface area contributed by atoms with E-state index in [1.807, 2.05) is 0 Å². The van der Waals surface area contributed by atoms with Gasteiger partial charge in [0.15, 0.2) is 0 Å². The second-order valence-electron chi connectivity index (χ2n) is 1.43. The molecular formula is C5H6Cl2N2. The minimum Gasteiger partial charge on any atom is -0.242 e. The number of aryl methyl sites for hydroxylation is 1. The zero-order chi connectivity index (χ0) is 5.98. The topological polar surface area (TPSA) is 25.8 Å². The first-order valence-corrected chi connectivity index (χ1v) is 2.62. The van der Waals surface area contributed by atoms with E-state index in [9.17, 15) is 0 Å². The van der Waals surface area contributed by atoms with E-state index < -0.39 is 0 Å². The Kier molecular flexibility index (Phi) is 3.50. The SMILES string of the molecule is Cc1nccc(Cl)n1.Cl. The Morgan fingerprint density at radius 1 is 1.56 bits per heavy atom. The third kappa shape index (κ3) is 2.63. The molecular weight excluding hydrogens is 159 g/mol. The first-order chi connectivity index (χ1) is 3.79. The minimum atomic E-state index is 0. The molecule has 0 amide bonds. The van der Waals surface area contributed by atoms with E-state index in [1.165, 1.54) is 0 Å². The molecule has 0 N–H and O–H groups in total. The van der Waals surface area contributed by atoms with Crippen LogP contribution in [0.15, 0.2) is 12.3 Å². The Morgan fingerprint density at radius 3 is 2.56 bits per heavy atom. The van der Waals surface area contributed by atoms with Crippen molar-refractivity contribution in [2.75, 3.05) is 0 Å². The van der Waals surface area contributed by atoms with Gasteiger partial charge in [0.2, 0.25) is 0 Å². The first kappa shape index (κ1) is 8.66. The molecule has 0 saturated heterocycles. The van der Waals surface area contributed by atoms with Crippen molar-refractivity contribution in [3.63, 3.8) is 0 Å². The molecule has 0 fully saturated rings. The Labute approximate surface area is 64.7 Å². The summed E-state index contributed by atoms with van der Waals surface area (Å²) in [6.45, 7) is 1.80. The predicted octanol–water partition coefficient (Wildman–Crippen LogP) is 1.86. The third-order valence-electron chi connectivity index (χ3n) is 0.742. The van der Waals surface area contributed by atoms with E-state index in [2.05, 4.69) is 9.97 Å². The van der Waals surface area contributed by atoms with Crippen LogP contribution in [0.2, 0.25) is 5.15 Å². The molecule has 0 radical (unpaired) electrons. The molecule has 4 heteroatoms. The van der Waals surface area contributed by atoms with Crippen LogP contribution in [-0.2, 0) is 0 Å². The zero-order valence-corrected chi connectivity index (χ0v) is 6.41. The van der Waals surface area contributed by atoms with E-state index in [4.69, 9.17) is 11.6 Å². The van der Waals surface area contributed by atoms with Crippen LogP contribution in [0.1, 0.15) is 5.82 Å². The lowest BCUT2D eigenvalue weighted by Gasteiger charge is -1.87. The minimum absolute atomic E-state index is 0. The van der Waals surface area contributed by atoms with Gasteiger partial charge in [-0.2, -0.15) is 0 Å². The molecule has 9 heavy (non-hydrogen) atoms. The average molecular weight is 165 g/mol. The van der Waals surface area contributed by atoms with Gasteiger partial charge >= 0.3 is 0 Å². The molecule has 1 aromatic heterocycles. The average Bonchev–Trinajstić information content (AvgIpc) is 1.64. The lowest BCUT2D eigenvalue weighted by Crippen LogP contribution is -1.83. The van der Waals surface area contributed by atoms with Crippen molar-refractivity contribution in [2.24, 2.45) is 0 Å². The van der Waals surface area contributed by atoms with Crippen LogP contribution < -0.4 is 0 Å². The Morgan fingerprint density at radius 2 is 2.22 bits per heavy atom. The van der Waals surface area contributed by atoms with Crippen LogP contribution in [0.5, 0.6) is 0 Å². The van der Waals surface area contributed by atoms with Gasteiger partial charge in [0.05, 0.1) is 0 Å². The lowest BCUT2D eigenvalue weighted by molar-refractivity contribution is 1.05. The number of rotatable bonds is 0. The molecule has 0 bridgehead atoms. The molecule has 0 unspecified atom stereocenters. The fourth-order valence-corrected chi connectivity index (χ4v) is 0.606. The normalized spacial score (nSPS) is 8.22. The maximum Gasteiger partial charge on any atom is 0.132 e. The maximum absolute atomic E-state index is 5.49. The molecule has 0 saturated carbocycles. The number of nitrogens with zero attached hydrogens (tertiary/aromatic N) is 2. The van der Waals surface area contributed by atoms with Gasteiger partial charge in [-0.3, -0.25) is 0 Å². The molecule has 0 aliphatic rings. The van der Waals surface area contributed by atoms with Crippen LogP contribution >= 0.6 is 24.0 Å². The van der Waals surface area contributed by atoms with Gasteiger partial charge in [0.25, 0.3) is 0 Å². The summed E-state index contributed by atoms with van der Waals surface area (Å²) in [7, 11) is 0. The largest absolute Gasteiger partial charge is 0.242 e. The molecule has 1 heterocycles. The molecule has 0 aliphatic heterocycles. The Hall–Kier alpha value is -0.340. The first-order valence-electron chi connectivity index (χ1n) is 2.24. The summed E-state index contributed by atoms with van der Waals surface area (Å²) >= 11 is 5.49. The van der Waals surface area contributed by atoms with Crippen molar-refractivity contribution in [3.8, 4) is 0 Å². The standard InChI is InChI=1S/C5H5ClN2.ClH/c1-4-7-3-2-5(6)8-4;/h2-3H,1H3;1H.